The second-order valence-electron chi connectivity index (χ2n) is 5.09. The standard InChI is InChI=1S/C14H19F3N2/c15-14(16,17)13-6-3-7-19(10-13)9-12-5-2-1-4-11(12)8-18/h1-2,4-5,13H,3,6-10,18H2. The number of piperidine rings is 1. The Hall–Kier alpha value is -1.07. The molecule has 0 aromatic heterocycles. The Labute approximate surface area is 111 Å². The highest BCUT2D eigenvalue weighted by molar-refractivity contribution is 5.26. The third-order valence-electron chi connectivity index (χ3n) is 3.70. The first-order valence-corrected chi connectivity index (χ1v) is 6.56. The van der Waals surface area contributed by atoms with Gasteiger partial charge >= 0.3 is 6.18 Å². The van der Waals surface area contributed by atoms with E-state index in [1.807, 2.05) is 29.2 Å². The van der Waals surface area contributed by atoms with Crippen LogP contribution in [0, 0.1) is 5.92 Å². The summed E-state index contributed by atoms with van der Waals surface area (Å²) in [6, 6.07) is 7.68. The largest absolute Gasteiger partial charge is 0.393 e. The Bertz CT molecular complexity index is 417. The molecule has 2 N–H and O–H groups in total. The molecule has 1 heterocycles. The van der Waals surface area contributed by atoms with Crippen LogP contribution in [-0.4, -0.2) is 24.2 Å². The summed E-state index contributed by atoms with van der Waals surface area (Å²) in [4.78, 5) is 1.89. The van der Waals surface area contributed by atoms with Gasteiger partial charge in [-0.05, 0) is 30.5 Å². The first kappa shape index (κ1) is 14.3. The van der Waals surface area contributed by atoms with Crippen molar-refractivity contribution in [3.8, 4) is 0 Å². The molecule has 106 valence electrons. The molecule has 2 rings (SSSR count). The first-order chi connectivity index (χ1) is 9.00. The summed E-state index contributed by atoms with van der Waals surface area (Å²) >= 11 is 0. The average molecular weight is 272 g/mol. The lowest BCUT2D eigenvalue weighted by Crippen LogP contribution is -2.41. The van der Waals surface area contributed by atoms with Crippen LogP contribution < -0.4 is 5.73 Å². The highest BCUT2D eigenvalue weighted by atomic mass is 19.4. The molecule has 1 fully saturated rings. The number of benzene rings is 1. The van der Waals surface area contributed by atoms with E-state index in [4.69, 9.17) is 5.73 Å². The Kier molecular flexibility index (Phi) is 4.47. The van der Waals surface area contributed by atoms with E-state index >= 15 is 0 Å². The zero-order chi connectivity index (χ0) is 13.9. The van der Waals surface area contributed by atoms with E-state index in [0.717, 1.165) is 17.7 Å². The van der Waals surface area contributed by atoms with E-state index in [1.54, 1.807) is 0 Å². The van der Waals surface area contributed by atoms with Crippen molar-refractivity contribution in [3.63, 3.8) is 0 Å². The second-order valence-corrected chi connectivity index (χ2v) is 5.09. The van der Waals surface area contributed by atoms with Gasteiger partial charge in [0.05, 0.1) is 5.92 Å². The number of hydrogen-bond donors (Lipinski definition) is 1. The van der Waals surface area contributed by atoms with Crippen molar-refractivity contribution in [1.29, 1.82) is 0 Å². The van der Waals surface area contributed by atoms with Crippen LogP contribution in [0.25, 0.3) is 0 Å². The zero-order valence-electron chi connectivity index (χ0n) is 10.8. The molecule has 0 spiro atoms. The molecule has 0 radical (unpaired) electrons. The van der Waals surface area contributed by atoms with Crippen LogP contribution in [0.15, 0.2) is 24.3 Å². The van der Waals surface area contributed by atoms with Crippen LogP contribution in [0.5, 0.6) is 0 Å². The third kappa shape index (κ3) is 3.70. The van der Waals surface area contributed by atoms with Gasteiger partial charge < -0.3 is 5.73 Å². The van der Waals surface area contributed by atoms with E-state index in [9.17, 15) is 13.2 Å². The number of alkyl halides is 3. The lowest BCUT2D eigenvalue weighted by Gasteiger charge is -2.34. The summed E-state index contributed by atoms with van der Waals surface area (Å²) in [5.74, 6) is -1.19. The summed E-state index contributed by atoms with van der Waals surface area (Å²) in [7, 11) is 0. The van der Waals surface area contributed by atoms with Crippen molar-refractivity contribution in [2.24, 2.45) is 11.7 Å². The van der Waals surface area contributed by atoms with Gasteiger partial charge in [-0.3, -0.25) is 4.90 Å². The van der Waals surface area contributed by atoms with Crippen molar-refractivity contribution in [2.45, 2.75) is 32.1 Å². The van der Waals surface area contributed by atoms with E-state index in [2.05, 4.69) is 0 Å². The topological polar surface area (TPSA) is 29.3 Å². The minimum Gasteiger partial charge on any atom is -0.326 e. The second kappa shape index (κ2) is 5.92. The number of likely N-dealkylation sites (tertiary alicyclic amines) is 1. The first-order valence-electron chi connectivity index (χ1n) is 6.56. The van der Waals surface area contributed by atoms with Crippen molar-refractivity contribution in [2.75, 3.05) is 13.1 Å². The molecule has 5 heteroatoms. The summed E-state index contributed by atoms with van der Waals surface area (Å²) in [5.41, 5.74) is 7.70. The highest BCUT2D eigenvalue weighted by Crippen LogP contribution is 2.33. The fraction of sp³-hybridized carbons (Fsp3) is 0.571. The minimum absolute atomic E-state index is 0.0996. The molecular formula is C14H19F3N2. The summed E-state index contributed by atoms with van der Waals surface area (Å²) in [6.45, 7) is 1.81. The molecule has 2 nitrogen and oxygen atoms in total. The number of nitrogens with zero attached hydrogens (tertiary/aromatic N) is 1. The van der Waals surface area contributed by atoms with Crippen LogP contribution in [0.2, 0.25) is 0 Å². The van der Waals surface area contributed by atoms with Crippen molar-refractivity contribution in [3.05, 3.63) is 35.4 Å². The lowest BCUT2D eigenvalue weighted by molar-refractivity contribution is -0.187. The number of halogens is 3. The van der Waals surface area contributed by atoms with Gasteiger partial charge in [-0.1, -0.05) is 24.3 Å². The zero-order valence-corrected chi connectivity index (χ0v) is 10.8. The highest BCUT2D eigenvalue weighted by Gasteiger charge is 2.41. The SMILES string of the molecule is NCc1ccccc1CN1CCCC(C(F)(F)F)C1. The number of rotatable bonds is 3. The quantitative estimate of drug-likeness (QED) is 0.916. The van der Waals surface area contributed by atoms with Gasteiger partial charge in [0.1, 0.15) is 0 Å². The number of hydrogen-bond acceptors (Lipinski definition) is 2. The van der Waals surface area contributed by atoms with Gasteiger partial charge in [-0.25, -0.2) is 0 Å². The normalized spacial score (nSPS) is 21.6. The molecule has 0 aliphatic carbocycles. The van der Waals surface area contributed by atoms with Crippen molar-refractivity contribution in [1.82, 2.24) is 4.90 Å². The number of nitrogens with two attached hydrogens (primary N) is 1. The van der Waals surface area contributed by atoms with Crippen molar-refractivity contribution < 1.29 is 13.2 Å². The third-order valence-corrected chi connectivity index (χ3v) is 3.70. The van der Waals surface area contributed by atoms with Crippen LogP contribution in [-0.2, 0) is 13.1 Å². The Balaban J connectivity index is 2.03. The molecule has 1 aromatic rings. The smallest absolute Gasteiger partial charge is 0.326 e. The fourth-order valence-electron chi connectivity index (χ4n) is 2.62. The maximum absolute atomic E-state index is 12.8. The van der Waals surface area contributed by atoms with Crippen LogP contribution in [0.4, 0.5) is 13.2 Å². The maximum atomic E-state index is 12.8. The molecule has 1 aliphatic rings. The molecule has 1 unspecified atom stereocenters. The molecule has 0 saturated carbocycles. The molecule has 1 saturated heterocycles. The van der Waals surface area contributed by atoms with Crippen LogP contribution >= 0.6 is 0 Å². The van der Waals surface area contributed by atoms with Gasteiger partial charge in [0, 0.05) is 19.6 Å². The van der Waals surface area contributed by atoms with Gasteiger partial charge in [0.2, 0.25) is 0 Å². The van der Waals surface area contributed by atoms with Gasteiger partial charge in [0.25, 0.3) is 0 Å². The predicted octanol–water partition coefficient (Wildman–Crippen LogP) is 2.92. The van der Waals surface area contributed by atoms with E-state index in [1.165, 1.54) is 0 Å². The van der Waals surface area contributed by atoms with Crippen LogP contribution in [0.3, 0.4) is 0 Å². The van der Waals surface area contributed by atoms with E-state index in [-0.39, 0.29) is 13.0 Å². The Morgan fingerprint density at radius 2 is 1.89 bits per heavy atom. The maximum Gasteiger partial charge on any atom is 0.393 e. The Morgan fingerprint density at radius 1 is 1.21 bits per heavy atom. The van der Waals surface area contributed by atoms with E-state index in [0.29, 0.717) is 19.5 Å². The lowest BCUT2D eigenvalue weighted by atomic mass is 9.96. The summed E-state index contributed by atoms with van der Waals surface area (Å²) < 4.78 is 38.3. The molecule has 0 bridgehead atoms. The van der Waals surface area contributed by atoms with Gasteiger partial charge in [0.15, 0.2) is 0 Å². The molecule has 19 heavy (non-hydrogen) atoms. The molecule has 0 amide bonds. The summed E-state index contributed by atoms with van der Waals surface area (Å²) in [6.07, 6.45) is -3.22. The molecular weight excluding hydrogens is 253 g/mol. The fourth-order valence-corrected chi connectivity index (χ4v) is 2.62. The molecule has 1 aliphatic heterocycles. The molecule has 1 aromatic carbocycles. The minimum atomic E-state index is -4.08. The van der Waals surface area contributed by atoms with Crippen LogP contribution in [0.1, 0.15) is 24.0 Å². The Morgan fingerprint density at radius 3 is 2.53 bits per heavy atom. The predicted molar refractivity (Wildman–Crippen MR) is 68.4 cm³/mol. The van der Waals surface area contributed by atoms with Gasteiger partial charge in [-0.2, -0.15) is 13.2 Å². The van der Waals surface area contributed by atoms with E-state index < -0.39 is 12.1 Å². The summed E-state index contributed by atoms with van der Waals surface area (Å²) in [5, 5.41) is 0. The monoisotopic (exact) mass is 272 g/mol. The average Bonchev–Trinajstić information content (AvgIpc) is 2.39. The van der Waals surface area contributed by atoms with Crippen molar-refractivity contribution >= 4 is 0 Å². The van der Waals surface area contributed by atoms with Gasteiger partial charge in [-0.15, -0.1) is 0 Å². The molecule has 1 atom stereocenters.